The van der Waals surface area contributed by atoms with Crippen LogP contribution in [-0.2, 0) is 19.4 Å². The van der Waals surface area contributed by atoms with Crippen LogP contribution >= 0.6 is 0 Å². The number of nitrogens with two attached hydrogens (primary N) is 1. The second-order valence-electron chi connectivity index (χ2n) is 6.37. The van der Waals surface area contributed by atoms with Crippen molar-refractivity contribution in [3.8, 4) is 0 Å². The van der Waals surface area contributed by atoms with Crippen LogP contribution in [-0.4, -0.2) is 29.3 Å². The van der Waals surface area contributed by atoms with Crippen LogP contribution in [0.15, 0.2) is 6.07 Å². The van der Waals surface area contributed by atoms with E-state index in [0.717, 1.165) is 37.2 Å². The first-order valence-corrected chi connectivity index (χ1v) is 8.42. The Kier molecular flexibility index (Phi) is 4.76. The van der Waals surface area contributed by atoms with Crippen LogP contribution in [0.5, 0.6) is 0 Å². The van der Waals surface area contributed by atoms with Crippen molar-refractivity contribution in [3.63, 3.8) is 0 Å². The van der Waals surface area contributed by atoms with Gasteiger partial charge in [0, 0.05) is 24.3 Å². The van der Waals surface area contributed by atoms with Crippen molar-refractivity contribution in [2.24, 2.45) is 5.73 Å². The fourth-order valence-corrected chi connectivity index (χ4v) is 3.72. The Bertz CT molecular complexity index is 489. The zero-order valence-electron chi connectivity index (χ0n) is 12.9. The average molecular weight is 289 g/mol. The number of pyridine rings is 1. The van der Waals surface area contributed by atoms with E-state index in [9.17, 15) is 5.11 Å². The van der Waals surface area contributed by atoms with Crippen LogP contribution < -0.4 is 10.6 Å². The lowest BCUT2D eigenvalue weighted by molar-refractivity contribution is 0.254. The summed E-state index contributed by atoms with van der Waals surface area (Å²) >= 11 is 0. The van der Waals surface area contributed by atoms with Gasteiger partial charge in [0.15, 0.2) is 0 Å². The van der Waals surface area contributed by atoms with Crippen LogP contribution in [0.4, 0.5) is 5.82 Å². The van der Waals surface area contributed by atoms with Crippen LogP contribution in [0.2, 0.25) is 0 Å². The summed E-state index contributed by atoms with van der Waals surface area (Å²) in [7, 11) is 0. The van der Waals surface area contributed by atoms with E-state index in [0.29, 0.717) is 6.54 Å². The van der Waals surface area contributed by atoms with Gasteiger partial charge in [-0.25, -0.2) is 4.98 Å². The molecule has 1 saturated heterocycles. The highest BCUT2D eigenvalue weighted by Crippen LogP contribution is 2.30. The Balaban J connectivity index is 1.98. The Morgan fingerprint density at radius 2 is 2.05 bits per heavy atom. The molecule has 4 nitrogen and oxygen atoms in total. The van der Waals surface area contributed by atoms with Gasteiger partial charge in [-0.05, 0) is 50.2 Å². The highest BCUT2D eigenvalue weighted by molar-refractivity contribution is 5.51. The Morgan fingerprint density at radius 1 is 1.19 bits per heavy atom. The van der Waals surface area contributed by atoms with E-state index in [4.69, 9.17) is 10.7 Å². The first kappa shape index (κ1) is 14.8. The zero-order chi connectivity index (χ0) is 14.7. The molecule has 0 spiro atoms. The van der Waals surface area contributed by atoms with Gasteiger partial charge in [0.2, 0.25) is 0 Å². The van der Waals surface area contributed by atoms with Gasteiger partial charge in [-0.2, -0.15) is 0 Å². The van der Waals surface area contributed by atoms with Crippen molar-refractivity contribution in [2.45, 2.75) is 64.0 Å². The topological polar surface area (TPSA) is 62.4 Å². The molecule has 0 bridgehead atoms. The molecule has 1 atom stereocenters. The molecule has 0 saturated carbocycles. The fourth-order valence-electron chi connectivity index (χ4n) is 3.72. The molecule has 1 aliphatic heterocycles. The number of aliphatic hydroxyl groups excluding tert-OH is 1. The number of rotatable bonds is 3. The summed E-state index contributed by atoms with van der Waals surface area (Å²) in [5, 5.41) is 9.75. The number of aryl methyl sites for hydroxylation is 2. The molecule has 1 aromatic rings. The van der Waals surface area contributed by atoms with Crippen molar-refractivity contribution >= 4 is 5.82 Å². The highest BCUT2D eigenvalue weighted by atomic mass is 16.3. The molecule has 3 N–H and O–H groups in total. The summed E-state index contributed by atoms with van der Waals surface area (Å²) in [6.45, 7) is 1.73. The van der Waals surface area contributed by atoms with Gasteiger partial charge in [0.25, 0.3) is 0 Å². The molecule has 1 unspecified atom stereocenters. The molecule has 116 valence electrons. The van der Waals surface area contributed by atoms with E-state index in [1.165, 1.54) is 43.4 Å². The third-order valence-electron chi connectivity index (χ3n) is 4.94. The Hall–Kier alpha value is -1.13. The van der Waals surface area contributed by atoms with E-state index in [1.54, 1.807) is 0 Å². The van der Waals surface area contributed by atoms with Crippen LogP contribution in [0.1, 0.15) is 55.3 Å². The summed E-state index contributed by atoms with van der Waals surface area (Å²) in [4.78, 5) is 7.31. The number of aromatic nitrogens is 1. The highest BCUT2D eigenvalue weighted by Gasteiger charge is 2.25. The summed E-state index contributed by atoms with van der Waals surface area (Å²) < 4.78 is 0. The first-order chi connectivity index (χ1) is 10.3. The van der Waals surface area contributed by atoms with E-state index < -0.39 is 0 Å². The average Bonchev–Trinajstić information content (AvgIpc) is 2.78. The largest absolute Gasteiger partial charge is 0.394 e. The van der Waals surface area contributed by atoms with Crippen molar-refractivity contribution in [1.82, 2.24) is 4.98 Å². The van der Waals surface area contributed by atoms with Crippen molar-refractivity contribution < 1.29 is 5.11 Å². The van der Waals surface area contributed by atoms with Crippen LogP contribution in [0.3, 0.4) is 0 Å². The maximum absolute atomic E-state index is 9.75. The van der Waals surface area contributed by atoms with Crippen LogP contribution in [0, 0.1) is 0 Å². The molecule has 1 fully saturated rings. The number of hydrogen-bond donors (Lipinski definition) is 2. The molecule has 4 heteroatoms. The first-order valence-electron chi connectivity index (χ1n) is 8.42. The van der Waals surface area contributed by atoms with Gasteiger partial charge in [-0.3, -0.25) is 0 Å². The number of fused-ring (bicyclic) bond motifs is 1. The van der Waals surface area contributed by atoms with E-state index in [-0.39, 0.29) is 12.6 Å². The van der Waals surface area contributed by atoms with Crippen molar-refractivity contribution in [2.75, 3.05) is 18.1 Å². The third-order valence-corrected chi connectivity index (χ3v) is 4.94. The maximum Gasteiger partial charge on any atom is 0.133 e. The van der Waals surface area contributed by atoms with E-state index >= 15 is 0 Å². The SMILES string of the molecule is NCc1cc2c(nc1N1CCCCCC1CO)CCCC2. The van der Waals surface area contributed by atoms with Crippen LogP contribution in [0.25, 0.3) is 0 Å². The molecule has 1 aromatic heterocycles. The van der Waals surface area contributed by atoms with Gasteiger partial charge in [0.1, 0.15) is 5.82 Å². The van der Waals surface area contributed by atoms with Gasteiger partial charge in [0.05, 0.1) is 12.6 Å². The molecule has 0 amide bonds. The minimum Gasteiger partial charge on any atom is -0.394 e. The quantitative estimate of drug-likeness (QED) is 0.895. The van der Waals surface area contributed by atoms with Gasteiger partial charge >= 0.3 is 0 Å². The minimum absolute atomic E-state index is 0.201. The third kappa shape index (κ3) is 3.06. The molecule has 0 aromatic carbocycles. The molecule has 3 rings (SSSR count). The lowest BCUT2D eigenvalue weighted by Crippen LogP contribution is -2.39. The van der Waals surface area contributed by atoms with E-state index in [2.05, 4.69) is 11.0 Å². The molecular weight excluding hydrogens is 262 g/mol. The standard InChI is InChI=1S/C17H27N3O/c18-11-14-10-13-6-3-4-8-16(13)19-17(14)20-9-5-1-2-7-15(20)12-21/h10,15,21H,1-9,11-12,18H2. The normalized spacial score (nSPS) is 22.8. The van der Waals surface area contributed by atoms with Gasteiger partial charge in [-0.1, -0.05) is 12.8 Å². The summed E-state index contributed by atoms with van der Waals surface area (Å²) in [6.07, 6.45) is 9.41. The smallest absolute Gasteiger partial charge is 0.133 e. The molecule has 2 aliphatic rings. The van der Waals surface area contributed by atoms with Crippen molar-refractivity contribution in [3.05, 3.63) is 22.9 Å². The lowest BCUT2D eigenvalue weighted by atomic mass is 9.94. The van der Waals surface area contributed by atoms with E-state index in [1.807, 2.05) is 0 Å². The lowest BCUT2D eigenvalue weighted by Gasteiger charge is -2.32. The number of nitrogens with zero attached hydrogens (tertiary/aromatic N) is 2. The second-order valence-corrected chi connectivity index (χ2v) is 6.37. The summed E-state index contributed by atoms with van der Waals surface area (Å²) in [5.74, 6) is 1.04. The summed E-state index contributed by atoms with van der Waals surface area (Å²) in [5.41, 5.74) is 9.78. The summed E-state index contributed by atoms with van der Waals surface area (Å²) in [6, 6.07) is 2.47. The minimum atomic E-state index is 0.201. The molecule has 1 aliphatic carbocycles. The fraction of sp³-hybridized carbons (Fsp3) is 0.706. The second kappa shape index (κ2) is 6.75. The van der Waals surface area contributed by atoms with Gasteiger partial charge < -0.3 is 15.7 Å². The number of hydrogen-bond acceptors (Lipinski definition) is 4. The molecule has 2 heterocycles. The predicted octanol–water partition coefficient (Wildman–Crippen LogP) is 2.16. The Morgan fingerprint density at radius 3 is 2.86 bits per heavy atom. The number of anilines is 1. The molecule has 21 heavy (non-hydrogen) atoms. The maximum atomic E-state index is 9.75. The Labute approximate surface area is 127 Å². The molecular formula is C17H27N3O. The van der Waals surface area contributed by atoms with Gasteiger partial charge in [-0.15, -0.1) is 0 Å². The monoisotopic (exact) mass is 289 g/mol. The number of aliphatic hydroxyl groups is 1. The van der Waals surface area contributed by atoms with Crippen molar-refractivity contribution in [1.29, 1.82) is 0 Å². The molecule has 0 radical (unpaired) electrons. The zero-order valence-corrected chi connectivity index (χ0v) is 12.9. The predicted molar refractivity (Wildman–Crippen MR) is 85.5 cm³/mol.